The molecule has 2 aromatic rings. The average Bonchev–Trinajstić information content (AvgIpc) is 3.42. The Morgan fingerprint density at radius 1 is 1.18 bits per heavy atom. The van der Waals surface area contributed by atoms with E-state index in [2.05, 4.69) is 14.9 Å². The molecule has 1 aromatic carbocycles. The van der Waals surface area contributed by atoms with Crippen molar-refractivity contribution < 1.29 is 17.7 Å². The Kier molecular flexibility index (Phi) is 6.41. The van der Waals surface area contributed by atoms with Crippen LogP contribution >= 0.6 is 12.4 Å². The summed E-state index contributed by atoms with van der Waals surface area (Å²) < 4.78 is 38.2. The highest BCUT2D eigenvalue weighted by Gasteiger charge is 2.36. The first-order chi connectivity index (χ1) is 13.0. The maximum atomic E-state index is 12.4. The summed E-state index contributed by atoms with van der Waals surface area (Å²) in [5.41, 5.74) is 6.50. The molecule has 0 amide bonds. The summed E-state index contributed by atoms with van der Waals surface area (Å²) in [6.07, 6.45) is 5.62. The van der Waals surface area contributed by atoms with E-state index in [1.165, 1.54) is 12.1 Å². The van der Waals surface area contributed by atoms with Crippen molar-refractivity contribution in [1.29, 1.82) is 0 Å². The third kappa shape index (κ3) is 4.38. The molecule has 4 rings (SSSR count). The van der Waals surface area contributed by atoms with E-state index in [0.717, 1.165) is 38.5 Å². The Balaban J connectivity index is 0.00000225. The zero-order valence-corrected chi connectivity index (χ0v) is 17.1. The van der Waals surface area contributed by atoms with Crippen LogP contribution in [0, 0.1) is 0 Å². The minimum absolute atomic E-state index is 0. The van der Waals surface area contributed by atoms with Gasteiger partial charge in [0.15, 0.2) is 5.82 Å². The number of benzene rings is 1. The second kappa shape index (κ2) is 8.46. The minimum Gasteiger partial charge on any atom is -0.377 e. The van der Waals surface area contributed by atoms with Gasteiger partial charge >= 0.3 is 0 Å². The van der Waals surface area contributed by atoms with E-state index >= 15 is 0 Å². The molecule has 154 valence electrons. The molecule has 1 aliphatic carbocycles. The molecule has 1 unspecified atom stereocenters. The first kappa shape index (κ1) is 21.2. The summed E-state index contributed by atoms with van der Waals surface area (Å²) in [5, 5.41) is 4.04. The Hall–Kier alpha value is -1.52. The maximum absolute atomic E-state index is 12.4. The van der Waals surface area contributed by atoms with Crippen LogP contribution in [-0.2, 0) is 20.3 Å². The SMILES string of the molecule is Cl.NC1(c2noc(-c3ccc(S(=O)(=O)NCC4CCCO4)cc3)n2)CCCC1. The van der Waals surface area contributed by atoms with Crippen molar-refractivity contribution in [3.8, 4) is 11.5 Å². The van der Waals surface area contributed by atoms with Crippen LogP contribution in [0.5, 0.6) is 0 Å². The van der Waals surface area contributed by atoms with Crippen LogP contribution in [0.25, 0.3) is 11.5 Å². The van der Waals surface area contributed by atoms with Crippen LogP contribution in [0.3, 0.4) is 0 Å². The van der Waals surface area contributed by atoms with Crippen LogP contribution in [0.4, 0.5) is 0 Å². The first-order valence-electron chi connectivity index (χ1n) is 9.31. The lowest BCUT2D eigenvalue weighted by atomic mass is 9.99. The van der Waals surface area contributed by atoms with Crippen molar-refractivity contribution in [2.75, 3.05) is 13.2 Å². The number of nitrogens with zero attached hydrogens (tertiary/aromatic N) is 2. The van der Waals surface area contributed by atoms with Gasteiger partial charge in [-0.05, 0) is 49.9 Å². The standard InChI is InChI=1S/C18H24N4O4S.ClH/c19-18(9-1-2-10-18)17-21-16(26-22-17)13-5-7-15(8-6-13)27(23,24)20-12-14-4-3-11-25-14;/h5-8,14,20H,1-4,9-12,19H2;1H. The van der Waals surface area contributed by atoms with Gasteiger partial charge in [-0.1, -0.05) is 18.0 Å². The van der Waals surface area contributed by atoms with Crippen LogP contribution in [0.2, 0.25) is 0 Å². The number of hydrogen-bond acceptors (Lipinski definition) is 7. The number of rotatable bonds is 6. The molecular weight excluding hydrogens is 404 g/mol. The Morgan fingerprint density at radius 2 is 1.89 bits per heavy atom. The molecule has 1 saturated heterocycles. The molecule has 1 aromatic heterocycles. The molecule has 1 aliphatic heterocycles. The highest BCUT2D eigenvalue weighted by Crippen LogP contribution is 2.35. The fourth-order valence-corrected chi connectivity index (χ4v) is 4.71. The Morgan fingerprint density at radius 3 is 2.54 bits per heavy atom. The summed E-state index contributed by atoms with van der Waals surface area (Å²) in [4.78, 5) is 4.62. The molecule has 10 heteroatoms. The molecule has 3 N–H and O–H groups in total. The lowest BCUT2D eigenvalue weighted by Gasteiger charge is -2.17. The molecule has 1 atom stereocenters. The fraction of sp³-hybridized carbons (Fsp3) is 0.556. The van der Waals surface area contributed by atoms with E-state index in [1.54, 1.807) is 12.1 Å². The van der Waals surface area contributed by atoms with E-state index in [-0.39, 0.29) is 30.0 Å². The normalized spacial score (nSPS) is 21.5. The summed E-state index contributed by atoms with van der Waals surface area (Å²) in [6.45, 7) is 0.979. The van der Waals surface area contributed by atoms with Gasteiger partial charge in [0.2, 0.25) is 10.0 Å². The van der Waals surface area contributed by atoms with Crippen molar-refractivity contribution in [3.63, 3.8) is 0 Å². The highest BCUT2D eigenvalue weighted by atomic mass is 35.5. The van der Waals surface area contributed by atoms with Crippen molar-refractivity contribution >= 4 is 22.4 Å². The van der Waals surface area contributed by atoms with Gasteiger partial charge in [-0.2, -0.15) is 4.98 Å². The fourth-order valence-electron chi connectivity index (χ4n) is 3.64. The third-order valence-electron chi connectivity index (χ3n) is 5.30. The van der Waals surface area contributed by atoms with Crippen LogP contribution in [0.15, 0.2) is 33.7 Å². The highest BCUT2D eigenvalue weighted by molar-refractivity contribution is 7.89. The molecule has 0 bridgehead atoms. The minimum atomic E-state index is -3.58. The maximum Gasteiger partial charge on any atom is 0.257 e. The van der Waals surface area contributed by atoms with Crippen molar-refractivity contribution in [3.05, 3.63) is 30.1 Å². The monoisotopic (exact) mass is 428 g/mol. The molecule has 0 spiro atoms. The molecule has 2 heterocycles. The third-order valence-corrected chi connectivity index (χ3v) is 6.74. The predicted octanol–water partition coefficient (Wildman–Crippen LogP) is 2.34. The molecule has 28 heavy (non-hydrogen) atoms. The van der Waals surface area contributed by atoms with Gasteiger partial charge in [-0.15, -0.1) is 12.4 Å². The Labute approximate surface area is 170 Å². The average molecular weight is 429 g/mol. The largest absolute Gasteiger partial charge is 0.377 e. The van der Waals surface area contributed by atoms with Gasteiger partial charge in [0.1, 0.15) is 0 Å². The quantitative estimate of drug-likeness (QED) is 0.724. The molecular formula is C18H25ClN4O4S. The number of sulfonamides is 1. The van der Waals surface area contributed by atoms with Crippen molar-refractivity contribution in [1.82, 2.24) is 14.9 Å². The number of aromatic nitrogens is 2. The summed E-state index contributed by atoms with van der Waals surface area (Å²) in [5.74, 6) is 0.864. The lowest BCUT2D eigenvalue weighted by Crippen LogP contribution is -2.34. The molecule has 2 aliphatic rings. The van der Waals surface area contributed by atoms with Gasteiger partial charge in [0, 0.05) is 18.7 Å². The van der Waals surface area contributed by atoms with E-state index in [4.69, 9.17) is 15.0 Å². The van der Waals surface area contributed by atoms with Gasteiger partial charge in [-0.3, -0.25) is 0 Å². The van der Waals surface area contributed by atoms with Crippen LogP contribution < -0.4 is 10.5 Å². The van der Waals surface area contributed by atoms with Gasteiger partial charge in [-0.25, -0.2) is 13.1 Å². The summed E-state index contributed by atoms with van der Waals surface area (Å²) in [6, 6.07) is 6.39. The van der Waals surface area contributed by atoms with Crippen LogP contribution in [0.1, 0.15) is 44.3 Å². The number of hydrogen-bond donors (Lipinski definition) is 2. The van der Waals surface area contributed by atoms with Crippen molar-refractivity contribution in [2.45, 2.75) is 55.1 Å². The Bertz CT molecular complexity index is 889. The summed E-state index contributed by atoms with van der Waals surface area (Å²) in [7, 11) is -3.58. The van der Waals surface area contributed by atoms with E-state index in [0.29, 0.717) is 23.9 Å². The topological polar surface area (TPSA) is 120 Å². The lowest BCUT2D eigenvalue weighted by molar-refractivity contribution is 0.114. The number of nitrogens with one attached hydrogen (secondary N) is 1. The number of halogens is 1. The summed E-state index contributed by atoms with van der Waals surface area (Å²) >= 11 is 0. The van der Waals surface area contributed by atoms with E-state index in [1.807, 2.05) is 0 Å². The smallest absolute Gasteiger partial charge is 0.257 e. The zero-order valence-electron chi connectivity index (χ0n) is 15.5. The van der Waals surface area contributed by atoms with Gasteiger partial charge < -0.3 is 15.0 Å². The predicted molar refractivity (Wildman–Crippen MR) is 105 cm³/mol. The van der Waals surface area contributed by atoms with Gasteiger partial charge in [0.05, 0.1) is 16.5 Å². The van der Waals surface area contributed by atoms with Gasteiger partial charge in [0.25, 0.3) is 5.89 Å². The van der Waals surface area contributed by atoms with E-state index in [9.17, 15) is 8.42 Å². The van der Waals surface area contributed by atoms with E-state index < -0.39 is 15.6 Å². The molecule has 0 radical (unpaired) electrons. The number of ether oxygens (including phenoxy) is 1. The first-order valence-corrected chi connectivity index (χ1v) is 10.8. The van der Waals surface area contributed by atoms with Crippen LogP contribution in [-0.4, -0.2) is 37.8 Å². The van der Waals surface area contributed by atoms with Crippen molar-refractivity contribution in [2.24, 2.45) is 5.73 Å². The second-order valence-corrected chi connectivity index (χ2v) is 9.06. The number of nitrogens with two attached hydrogens (primary N) is 1. The second-order valence-electron chi connectivity index (χ2n) is 7.30. The molecule has 8 nitrogen and oxygen atoms in total. The molecule has 1 saturated carbocycles. The zero-order chi connectivity index (χ0) is 18.9. The molecule has 2 fully saturated rings.